The number of halogens is 2. The molecule has 0 aliphatic heterocycles. The van der Waals surface area contributed by atoms with E-state index in [1.165, 1.54) is 6.07 Å². The number of ether oxygens (including phenoxy) is 1. The summed E-state index contributed by atoms with van der Waals surface area (Å²) in [6.45, 7) is 5.99. The van der Waals surface area contributed by atoms with Crippen LogP contribution in [-0.4, -0.2) is 16.6 Å². The van der Waals surface area contributed by atoms with Crippen molar-refractivity contribution in [3.8, 4) is 5.75 Å². The summed E-state index contributed by atoms with van der Waals surface area (Å²) in [4.78, 5) is 8.54. The topological polar surface area (TPSA) is 47.0 Å². The molecule has 1 N–H and O–H groups in total. The Morgan fingerprint density at radius 2 is 2.05 bits per heavy atom. The van der Waals surface area contributed by atoms with Crippen LogP contribution in [0.4, 0.5) is 15.9 Å². The largest absolute Gasteiger partial charge is 0.491 e. The van der Waals surface area contributed by atoms with E-state index in [-0.39, 0.29) is 5.75 Å². The Morgan fingerprint density at radius 3 is 2.67 bits per heavy atom. The molecule has 0 unspecified atom stereocenters. The molecular formula is C15H17ClFN3O. The van der Waals surface area contributed by atoms with Crippen LogP contribution in [0.1, 0.15) is 25.2 Å². The summed E-state index contributed by atoms with van der Waals surface area (Å²) in [6, 6.07) is 4.68. The summed E-state index contributed by atoms with van der Waals surface area (Å²) < 4.78 is 19.0. The van der Waals surface area contributed by atoms with Crippen molar-refractivity contribution in [1.29, 1.82) is 0 Å². The van der Waals surface area contributed by atoms with Gasteiger partial charge in [0.05, 0.1) is 6.61 Å². The SMILES string of the molecule is CCOc1ccc(Nc2nc(CC)nc(Cl)c2C)cc1F. The average molecular weight is 310 g/mol. The fraction of sp³-hybridized carbons (Fsp3) is 0.333. The van der Waals surface area contributed by atoms with Crippen LogP contribution >= 0.6 is 11.6 Å². The molecule has 0 atom stereocenters. The third kappa shape index (κ3) is 3.61. The Kier molecular flexibility index (Phi) is 4.96. The molecule has 2 aromatic rings. The van der Waals surface area contributed by atoms with Gasteiger partial charge in [0.1, 0.15) is 16.8 Å². The zero-order chi connectivity index (χ0) is 15.4. The molecule has 1 aromatic heterocycles. The highest BCUT2D eigenvalue weighted by Crippen LogP contribution is 2.26. The first-order valence-electron chi connectivity index (χ1n) is 6.77. The minimum Gasteiger partial charge on any atom is -0.491 e. The molecule has 6 heteroatoms. The van der Waals surface area contributed by atoms with Crippen LogP contribution in [0.15, 0.2) is 18.2 Å². The van der Waals surface area contributed by atoms with Crippen LogP contribution < -0.4 is 10.1 Å². The van der Waals surface area contributed by atoms with Gasteiger partial charge in [0.25, 0.3) is 0 Å². The van der Waals surface area contributed by atoms with Crippen molar-refractivity contribution in [2.45, 2.75) is 27.2 Å². The molecule has 0 bridgehead atoms. The summed E-state index contributed by atoms with van der Waals surface area (Å²) in [5, 5.41) is 3.47. The maximum atomic E-state index is 13.8. The van der Waals surface area contributed by atoms with E-state index in [1.807, 2.05) is 20.8 Å². The molecule has 0 aliphatic rings. The van der Waals surface area contributed by atoms with Gasteiger partial charge in [-0.05, 0) is 26.0 Å². The quantitative estimate of drug-likeness (QED) is 0.837. The third-order valence-electron chi connectivity index (χ3n) is 2.94. The van der Waals surface area contributed by atoms with Gasteiger partial charge in [-0.1, -0.05) is 18.5 Å². The lowest BCUT2D eigenvalue weighted by Crippen LogP contribution is -2.03. The average Bonchev–Trinajstić information content (AvgIpc) is 2.46. The highest BCUT2D eigenvalue weighted by molar-refractivity contribution is 6.30. The molecule has 2 rings (SSSR count). The van der Waals surface area contributed by atoms with Gasteiger partial charge in [0.15, 0.2) is 11.6 Å². The second-order valence-electron chi connectivity index (χ2n) is 4.46. The number of nitrogens with one attached hydrogen (secondary N) is 1. The van der Waals surface area contributed by atoms with E-state index in [4.69, 9.17) is 16.3 Å². The minimum absolute atomic E-state index is 0.231. The predicted molar refractivity (Wildman–Crippen MR) is 82.0 cm³/mol. The zero-order valence-electron chi connectivity index (χ0n) is 12.2. The highest BCUT2D eigenvalue weighted by atomic mass is 35.5. The lowest BCUT2D eigenvalue weighted by molar-refractivity contribution is 0.321. The second-order valence-corrected chi connectivity index (χ2v) is 4.82. The molecule has 0 aliphatic carbocycles. The van der Waals surface area contributed by atoms with Crippen molar-refractivity contribution in [3.05, 3.63) is 40.6 Å². The van der Waals surface area contributed by atoms with E-state index in [0.29, 0.717) is 35.5 Å². The molecule has 0 radical (unpaired) electrons. The third-order valence-corrected chi connectivity index (χ3v) is 3.31. The van der Waals surface area contributed by atoms with Crippen molar-refractivity contribution in [2.75, 3.05) is 11.9 Å². The molecule has 4 nitrogen and oxygen atoms in total. The molecule has 0 fully saturated rings. The molecule has 0 spiro atoms. The Balaban J connectivity index is 2.30. The maximum Gasteiger partial charge on any atom is 0.167 e. The first-order chi connectivity index (χ1) is 10.0. The zero-order valence-corrected chi connectivity index (χ0v) is 13.0. The monoisotopic (exact) mass is 309 g/mol. The lowest BCUT2D eigenvalue weighted by Gasteiger charge is -2.12. The van der Waals surface area contributed by atoms with Crippen molar-refractivity contribution in [2.24, 2.45) is 0 Å². The van der Waals surface area contributed by atoms with Crippen LogP contribution in [0.5, 0.6) is 5.75 Å². The number of hydrogen-bond donors (Lipinski definition) is 1. The van der Waals surface area contributed by atoms with Gasteiger partial charge in [0, 0.05) is 23.7 Å². The standard InChI is InChI=1S/C15H17ClFN3O/c1-4-13-19-14(16)9(3)15(20-13)18-10-6-7-12(21-5-2)11(17)8-10/h6-8H,4-5H2,1-3H3,(H,18,19,20). The van der Waals surface area contributed by atoms with E-state index in [0.717, 1.165) is 5.56 Å². The van der Waals surface area contributed by atoms with Gasteiger partial charge in [-0.3, -0.25) is 0 Å². The van der Waals surface area contributed by atoms with E-state index >= 15 is 0 Å². The number of anilines is 2. The van der Waals surface area contributed by atoms with Crippen LogP contribution in [-0.2, 0) is 6.42 Å². The number of benzene rings is 1. The van der Waals surface area contributed by atoms with Crippen molar-refractivity contribution in [3.63, 3.8) is 0 Å². The van der Waals surface area contributed by atoms with E-state index in [2.05, 4.69) is 15.3 Å². The van der Waals surface area contributed by atoms with Crippen LogP contribution in [0.25, 0.3) is 0 Å². The number of aromatic nitrogens is 2. The highest BCUT2D eigenvalue weighted by Gasteiger charge is 2.10. The first kappa shape index (κ1) is 15.5. The van der Waals surface area contributed by atoms with Crippen LogP contribution in [0, 0.1) is 12.7 Å². The maximum absolute atomic E-state index is 13.8. The fourth-order valence-corrected chi connectivity index (χ4v) is 1.99. The van der Waals surface area contributed by atoms with Gasteiger partial charge in [0.2, 0.25) is 0 Å². The molecule has 1 heterocycles. The molecule has 0 saturated carbocycles. The summed E-state index contributed by atoms with van der Waals surface area (Å²) in [5.74, 6) is 1.03. The number of aryl methyl sites for hydroxylation is 1. The van der Waals surface area contributed by atoms with E-state index in [1.54, 1.807) is 12.1 Å². The summed E-state index contributed by atoms with van der Waals surface area (Å²) in [6.07, 6.45) is 0.673. The van der Waals surface area contributed by atoms with Crippen molar-refractivity contribution >= 4 is 23.1 Å². The smallest absolute Gasteiger partial charge is 0.167 e. The molecular weight excluding hydrogens is 293 g/mol. The number of nitrogens with zero attached hydrogens (tertiary/aromatic N) is 2. The normalized spacial score (nSPS) is 10.5. The van der Waals surface area contributed by atoms with E-state index < -0.39 is 5.82 Å². The van der Waals surface area contributed by atoms with E-state index in [9.17, 15) is 4.39 Å². The van der Waals surface area contributed by atoms with Crippen LogP contribution in [0.3, 0.4) is 0 Å². The Labute approximate surface area is 128 Å². The molecule has 1 aromatic carbocycles. The van der Waals surface area contributed by atoms with Gasteiger partial charge in [-0.15, -0.1) is 0 Å². The minimum atomic E-state index is -0.421. The fourth-order valence-electron chi connectivity index (χ4n) is 1.80. The molecule has 0 saturated heterocycles. The predicted octanol–water partition coefficient (Wildman–Crippen LogP) is 4.28. The molecule has 21 heavy (non-hydrogen) atoms. The van der Waals surface area contributed by atoms with Crippen LogP contribution in [0.2, 0.25) is 5.15 Å². The second kappa shape index (κ2) is 6.72. The lowest BCUT2D eigenvalue weighted by atomic mass is 10.2. The Bertz CT molecular complexity index is 649. The van der Waals surface area contributed by atoms with Gasteiger partial charge in [-0.25, -0.2) is 14.4 Å². The Morgan fingerprint density at radius 1 is 1.29 bits per heavy atom. The number of hydrogen-bond acceptors (Lipinski definition) is 4. The summed E-state index contributed by atoms with van der Waals surface area (Å²) >= 11 is 6.08. The first-order valence-corrected chi connectivity index (χ1v) is 7.15. The summed E-state index contributed by atoms with van der Waals surface area (Å²) in [7, 11) is 0. The number of rotatable bonds is 5. The van der Waals surface area contributed by atoms with Crippen molar-refractivity contribution < 1.29 is 9.13 Å². The van der Waals surface area contributed by atoms with Gasteiger partial charge >= 0.3 is 0 Å². The molecule has 0 amide bonds. The van der Waals surface area contributed by atoms with Crippen molar-refractivity contribution in [1.82, 2.24) is 9.97 Å². The Hall–Kier alpha value is -1.88. The molecule has 112 valence electrons. The summed E-state index contributed by atoms with van der Waals surface area (Å²) in [5.41, 5.74) is 1.30. The van der Waals surface area contributed by atoms with Gasteiger partial charge in [-0.2, -0.15) is 0 Å². The van der Waals surface area contributed by atoms with Gasteiger partial charge < -0.3 is 10.1 Å².